The lowest BCUT2D eigenvalue weighted by Crippen LogP contribution is -2.48. The molecule has 4 nitrogen and oxygen atoms in total. The van der Waals surface area contributed by atoms with E-state index in [2.05, 4.69) is 41.9 Å². The summed E-state index contributed by atoms with van der Waals surface area (Å²) in [5.41, 5.74) is 5.92. The lowest BCUT2D eigenvalue weighted by Gasteiger charge is -2.36. The highest BCUT2D eigenvalue weighted by Gasteiger charge is 2.24. The first-order valence-corrected chi connectivity index (χ1v) is 9.98. The van der Waals surface area contributed by atoms with Crippen LogP contribution in [0.3, 0.4) is 0 Å². The normalized spacial score (nSPS) is 14.6. The van der Waals surface area contributed by atoms with Crippen molar-refractivity contribution in [1.29, 1.82) is 0 Å². The third-order valence-corrected chi connectivity index (χ3v) is 5.58. The zero-order chi connectivity index (χ0) is 19.8. The molecule has 0 bridgehead atoms. The summed E-state index contributed by atoms with van der Waals surface area (Å²) in [7, 11) is 0. The van der Waals surface area contributed by atoms with Crippen LogP contribution in [0.25, 0.3) is 10.9 Å². The summed E-state index contributed by atoms with van der Waals surface area (Å²) in [5, 5.41) is 1.69. The quantitative estimate of drug-likeness (QED) is 0.628. The second kappa shape index (κ2) is 7.44. The molecule has 0 atom stereocenters. The number of pyridine rings is 1. The number of hydrogen-bond donors (Lipinski definition) is 0. The molecule has 1 aromatic heterocycles. The molecule has 0 unspecified atom stereocenters. The molecule has 1 fully saturated rings. The average molecular weight is 394 g/mol. The summed E-state index contributed by atoms with van der Waals surface area (Å²) in [6.45, 7) is 9.05. The van der Waals surface area contributed by atoms with Gasteiger partial charge in [-0.3, -0.25) is 9.78 Å². The zero-order valence-corrected chi connectivity index (χ0v) is 17.3. The van der Waals surface area contributed by atoms with E-state index in [0.29, 0.717) is 13.1 Å². The van der Waals surface area contributed by atoms with E-state index in [1.165, 1.54) is 0 Å². The van der Waals surface area contributed by atoms with Gasteiger partial charge in [0.15, 0.2) is 0 Å². The first-order valence-electron chi connectivity index (χ1n) is 9.61. The maximum atomic E-state index is 13.3. The summed E-state index contributed by atoms with van der Waals surface area (Å²) in [4.78, 5) is 22.2. The van der Waals surface area contributed by atoms with Crippen LogP contribution >= 0.6 is 11.6 Å². The predicted molar refractivity (Wildman–Crippen MR) is 116 cm³/mol. The summed E-state index contributed by atoms with van der Waals surface area (Å²) in [6.07, 6.45) is 0. The molecule has 0 aliphatic carbocycles. The molecule has 3 aromatic rings. The Morgan fingerprint density at radius 2 is 1.75 bits per heavy atom. The monoisotopic (exact) mass is 393 g/mol. The molecule has 4 rings (SSSR count). The van der Waals surface area contributed by atoms with Gasteiger partial charge in [-0.05, 0) is 56.7 Å². The molecule has 1 aliphatic heterocycles. The number of hydrogen-bond acceptors (Lipinski definition) is 3. The predicted octanol–water partition coefficient (Wildman–Crippen LogP) is 4.78. The summed E-state index contributed by atoms with van der Waals surface area (Å²) in [6, 6.07) is 14.0. The van der Waals surface area contributed by atoms with Gasteiger partial charge in [0.25, 0.3) is 5.91 Å². The smallest absolute Gasteiger partial charge is 0.254 e. The van der Waals surface area contributed by atoms with Crippen molar-refractivity contribution in [3.8, 4) is 0 Å². The van der Waals surface area contributed by atoms with Gasteiger partial charge in [0, 0.05) is 48.0 Å². The molecule has 0 saturated carbocycles. The lowest BCUT2D eigenvalue weighted by atomic mass is 10.0. The van der Waals surface area contributed by atoms with E-state index in [1.807, 2.05) is 36.1 Å². The third-order valence-electron chi connectivity index (χ3n) is 5.35. The fraction of sp³-hybridized carbons (Fsp3) is 0.304. The zero-order valence-electron chi connectivity index (χ0n) is 16.5. The number of anilines is 1. The molecule has 144 valence electrons. The number of carbonyl (C=O) groups is 1. The molecule has 1 amide bonds. The van der Waals surface area contributed by atoms with Crippen molar-refractivity contribution < 1.29 is 4.79 Å². The number of halogens is 1. The van der Waals surface area contributed by atoms with Crippen molar-refractivity contribution in [3.05, 3.63) is 69.9 Å². The largest absolute Gasteiger partial charge is 0.368 e. The highest BCUT2D eigenvalue weighted by Crippen LogP contribution is 2.26. The molecule has 2 heterocycles. The number of nitrogens with zero attached hydrogens (tertiary/aromatic N) is 3. The number of fused-ring (bicyclic) bond motifs is 1. The molecule has 0 spiro atoms. The van der Waals surface area contributed by atoms with Crippen LogP contribution < -0.4 is 4.90 Å². The first-order chi connectivity index (χ1) is 13.4. The molecule has 28 heavy (non-hydrogen) atoms. The van der Waals surface area contributed by atoms with Crippen LogP contribution in [0.15, 0.2) is 42.5 Å². The fourth-order valence-corrected chi connectivity index (χ4v) is 4.18. The Labute approximate surface area is 170 Å². The number of benzene rings is 2. The van der Waals surface area contributed by atoms with E-state index < -0.39 is 0 Å². The molecule has 2 aromatic carbocycles. The van der Waals surface area contributed by atoms with Crippen LogP contribution in [-0.2, 0) is 0 Å². The van der Waals surface area contributed by atoms with Crippen LogP contribution in [-0.4, -0.2) is 42.0 Å². The molecule has 0 N–H and O–H groups in total. The minimum atomic E-state index is 0.0891. The van der Waals surface area contributed by atoms with Crippen LogP contribution in [0.1, 0.15) is 27.2 Å². The van der Waals surface area contributed by atoms with Gasteiger partial charge in [-0.15, -0.1) is 0 Å². The Kier molecular flexibility index (Phi) is 4.98. The number of carbonyl (C=O) groups excluding carboxylic acids is 1. The molecule has 1 saturated heterocycles. The van der Waals surface area contributed by atoms with Gasteiger partial charge in [-0.25, -0.2) is 0 Å². The summed E-state index contributed by atoms with van der Waals surface area (Å²) >= 11 is 6.12. The summed E-state index contributed by atoms with van der Waals surface area (Å²) in [5.74, 6) is 0.0891. The molecular weight excluding hydrogens is 370 g/mol. The van der Waals surface area contributed by atoms with Crippen molar-refractivity contribution in [3.63, 3.8) is 0 Å². The van der Waals surface area contributed by atoms with Crippen molar-refractivity contribution in [2.24, 2.45) is 0 Å². The Morgan fingerprint density at radius 3 is 2.46 bits per heavy atom. The van der Waals surface area contributed by atoms with Crippen molar-refractivity contribution in [2.45, 2.75) is 20.8 Å². The Hall–Kier alpha value is -2.59. The van der Waals surface area contributed by atoms with Crippen molar-refractivity contribution in [1.82, 2.24) is 9.88 Å². The van der Waals surface area contributed by atoms with Gasteiger partial charge >= 0.3 is 0 Å². The second-order valence-corrected chi connectivity index (χ2v) is 7.98. The van der Waals surface area contributed by atoms with Gasteiger partial charge in [-0.1, -0.05) is 29.3 Å². The minimum absolute atomic E-state index is 0.0891. The second-order valence-electron chi connectivity index (χ2n) is 7.55. The minimum Gasteiger partial charge on any atom is -0.368 e. The fourth-order valence-electron chi connectivity index (χ4n) is 4.00. The highest BCUT2D eigenvalue weighted by atomic mass is 35.5. The number of aromatic nitrogens is 1. The van der Waals surface area contributed by atoms with Crippen LogP contribution in [0.5, 0.6) is 0 Å². The maximum absolute atomic E-state index is 13.3. The number of rotatable bonds is 2. The van der Waals surface area contributed by atoms with Gasteiger partial charge in [0.2, 0.25) is 0 Å². The van der Waals surface area contributed by atoms with Gasteiger partial charge < -0.3 is 9.80 Å². The van der Waals surface area contributed by atoms with Crippen LogP contribution in [0.4, 0.5) is 5.69 Å². The average Bonchev–Trinajstić information content (AvgIpc) is 2.68. The third kappa shape index (κ3) is 3.57. The molecular formula is C23H24ClN3O. The Bertz CT molecular complexity index is 1060. The van der Waals surface area contributed by atoms with E-state index in [9.17, 15) is 4.79 Å². The van der Waals surface area contributed by atoms with E-state index in [-0.39, 0.29) is 5.91 Å². The standard InChI is InChI=1S/C23H24ClN3O/c1-15-11-16(2)22-20(12-15)21(13-17(3)25-22)23(28)27-9-7-26(8-10-27)19-6-4-5-18(24)14-19/h4-6,11-14H,7-10H2,1-3H3. The Balaban J connectivity index is 1.59. The molecule has 1 aliphatic rings. The van der Waals surface area contributed by atoms with Gasteiger partial charge in [0.1, 0.15) is 0 Å². The number of aryl methyl sites for hydroxylation is 3. The van der Waals surface area contributed by atoms with E-state index in [0.717, 1.165) is 57.1 Å². The van der Waals surface area contributed by atoms with Crippen LogP contribution in [0, 0.1) is 20.8 Å². The first kappa shape index (κ1) is 18.8. The van der Waals surface area contributed by atoms with Gasteiger partial charge in [0.05, 0.1) is 11.1 Å². The molecule has 0 radical (unpaired) electrons. The van der Waals surface area contributed by atoms with Gasteiger partial charge in [-0.2, -0.15) is 0 Å². The maximum Gasteiger partial charge on any atom is 0.254 e. The SMILES string of the molecule is Cc1cc(C)c2nc(C)cc(C(=O)N3CCN(c4cccc(Cl)c4)CC3)c2c1. The van der Waals surface area contributed by atoms with Crippen molar-refractivity contribution >= 4 is 34.1 Å². The lowest BCUT2D eigenvalue weighted by molar-refractivity contribution is 0.0748. The van der Waals surface area contributed by atoms with E-state index in [4.69, 9.17) is 11.6 Å². The number of amides is 1. The van der Waals surface area contributed by atoms with E-state index >= 15 is 0 Å². The van der Waals surface area contributed by atoms with Crippen molar-refractivity contribution in [2.75, 3.05) is 31.1 Å². The number of piperazine rings is 1. The highest BCUT2D eigenvalue weighted by molar-refractivity contribution is 6.30. The summed E-state index contributed by atoms with van der Waals surface area (Å²) < 4.78 is 0. The van der Waals surface area contributed by atoms with E-state index in [1.54, 1.807) is 0 Å². The molecule has 5 heteroatoms. The Morgan fingerprint density at radius 1 is 1.00 bits per heavy atom. The topological polar surface area (TPSA) is 36.4 Å². The van der Waals surface area contributed by atoms with Crippen LogP contribution in [0.2, 0.25) is 5.02 Å².